The van der Waals surface area contributed by atoms with Crippen LogP contribution in [0.3, 0.4) is 0 Å². The van der Waals surface area contributed by atoms with E-state index in [0.29, 0.717) is 0 Å². The molecule has 15 heavy (non-hydrogen) atoms. The molecule has 1 aliphatic heterocycles. The van der Waals surface area contributed by atoms with Crippen molar-refractivity contribution in [2.24, 2.45) is 11.7 Å². The van der Waals surface area contributed by atoms with E-state index < -0.39 is 0 Å². The van der Waals surface area contributed by atoms with E-state index in [4.69, 9.17) is 5.73 Å². The van der Waals surface area contributed by atoms with Crippen molar-refractivity contribution >= 4 is 0 Å². The number of piperidine rings is 1. The first-order chi connectivity index (χ1) is 7.33. The fourth-order valence-electron chi connectivity index (χ4n) is 3.49. The predicted molar refractivity (Wildman–Crippen MR) is 64.8 cm³/mol. The van der Waals surface area contributed by atoms with Crippen molar-refractivity contribution in [3.63, 3.8) is 0 Å². The Labute approximate surface area is 94.2 Å². The topological polar surface area (TPSA) is 29.3 Å². The second kappa shape index (κ2) is 5.31. The summed E-state index contributed by atoms with van der Waals surface area (Å²) < 4.78 is 0. The summed E-state index contributed by atoms with van der Waals surface area (Å²) in [7, 11) is 0. The average molecular weight is 210 g/mol. The van der Waals surface area contributed by atoms with Gasteiger partial charge in [0, 0.05) is 12.1 Å². The number of rotatable bonds is 2. The lowest BCUT2D eigenvalue weighted by atomic mass is 9.85. The molecule has 2 aliphatic rings. The molecule has 2 rings (SSSR count). The van der Waals surface area contributed by atoms with Gasteiger partial charge in [-0.25, -0.2) is 0 Å². The lowest BCUT2D eigenvalue weighted by Gasteiger charge is -2.45. The number of hydrogen-bond acceptors (Lipinski definition) is 2. The van der Waals surface area contributed by atoms with Crippen molar-refractivity contribution in [1.29, 1.82) is 0 Å². The summed E-state index contributed by atoms with van der Waals surface area (Å²) in [5.74, 6) is 0.751. The molecule has 1 saturated heterocycles. The third-order valence-electron chi connectivity index (χ3n) is 4.54. The van der Waals surface area contributed by atoms with Gasteiger partial charge < -0.3 is 5.73 Å². The Kier molecular flexibility index (Phi) is 4.04. The number of nitrogens with zero attached hydrogens (tertiary/aromatic N) is 1. The zero-order valence-electron chi connectivity index (χ0n) is 10.1. The molecule has 2 N–H and O–H groups in total. The SMILES string of the molecule is C[C@@H]1[C@@H](CN)CCCN1C1CCCCC1. The molecule has 0 spiro atoms. The Morgan fingerprint density at radius 2 is 1.80 bits per heavy atom. The summed E-state index contributed by atoms with van der Waals surface area (Å²) in [6, 6.07) is 1.61. The lowest BCUT2D eigenvalue weighted by Crippen LogP contribution is -2.51. The van der Waals surface area contributed by atoms with Crippen LogP contribution in [0.4, 0.5) is 0 Å². The highest BCUT2D eigenvalue weighted by molar-refractivity contribution is 4.87. The predicted octanol–water partition coefficient (Wildman–Crippen LogP) is 2.38. The Hall–Kier alpha value is -0.0800. The maximum absolute atomic E-state index is 5.86. The van der Waals surface area contributed by atoms with Crippen LogP contribution >= 0.6 is 0 Å². The van der Waals surface area contributed by atoms with Crippen LogP contribution in [0, 0.1) is 5.92 Å². The third-order valence-corrected chi connectivity index (χ3v) is 4.54. The first kappa shape index (κ1) is 11.4. The van der Waals surface area contributed by atoms with Crippen LogP contribution < -0.4 is 5.73 Å². The Balaban J connectivity index is 1.94. The van der Waals surface area contributed by atoms with Gasteiger partial charge in [-0.05, 0) is 51.6 Å². The molecular formula is C13H26N2. The van der Waals surface area contributed by atoms with E-state index in [1.54, 1.807) is 0 Å². The van der Waals surface area contributed by atoms with Gasteiger partial charge >= 0.3 is 0 Å². The Morgan fingerprint density at radius 3 is 2.47 bits per heavy atom. The van der Waals surface area contributed by atoms with Gasteiger partial charge in [-0.1, -0.05) is 19.3 Å². The quantitative estimate of drug-likeness (QED) is 0.758. The lowest BCUT2D eigenvalue weighted by molar-refractivity contribution is 0.0474. The standard InChI is InChI=1S/C13H26N2/c1-11-12(10-14)6-5-9-15(11)13-7-3-2-4-8-13/h11-13H,2-10,14H2,1H3/t11-,12-/m1/s1. The van der Waals surface area contributed by atoms with Crippen LogP contribution in [-0.2, 0) is 0 Å². The zero-order chi connectivity index (χ0) is 10.7. The second-order valence-electron chi connectivity index (χ2n) is 5.41. The molecule has 1 saturated carbocycles. The summed E-state index contributed by atoms with van der Waals surface area (Å²) in [5, 5.41) is 0. The molecular weight excluding hydrogens is 184 g/mol. The maximum atomic E-state index is 5.86. The molecule has 0 radical (unpaired) electrons. The van der Waals surface area contributed by atoms with Gasteiger partial charge in [-0.3, -0.25) is 4.90 Å². The molecule has 0 unspecified atom stereocenters. The van der Waals surface area contributed by atoms with E-state index in [0.717, 1.165) is 24.5 Å². The van der Waals surface area contributed by atoms with E-state index in [1.165, 1.54) is 51.5 Å². The molecule has 0 aromatic heterocycles. The smallest absolute Gasteiger partial charge is 0.0110 e. The van der Waals surface area contributed by atoms with E-state index in [-0.39, 0.29) is 0 Å². The minimum absolute atomic E-state index is 0.729. The zero-order valence-corrected chi connectivity index (χ0v) is 10.1. The van der Waals surface area contributed by atoms with Crippen molar-refractivity contribution < 1.29 is 0 Å². The molecule has 1 aliphatic carbocycles. The van der Waals surface area contributed by atoms with Gasteiger partial charge in [0.1, 0.15) is 0 Å². The van der Waals surface area contributed by atoms with E-state index in [9.17, 15) is 0 Å². The molecule has 2 heteroatoms. The maximum Gasteiger partial charge on any atom is 0.0110 e. The van der Waals surface area contributed by atoms with Crippen molar-refractivity contribution in [2.75, 3.05) is 13.1 Å². The number of likely N-dealkylation sites (tertiary alicyclic amines) is 1. The number of nitrogens with two attached hydrogens (primary N) is 1. The third kappa shape index (κ3) is 2.54. The van der Waals surface area contributed by atoms with Gasteiger partial charge in [-0.15, -0.1) is 0 Å². The molecule has 2 atom stereocenters. The van der Waals surface area contributed by atoms with Crippen LogP contribution in [0.5, 0.6) is 0 Å². The first-order valence-electron chi connectivity index (χ1n) is 6.78. The van der Waals surface area contributed by atoms with Crippen molar-refractivity contribution in [3.05, 3.63) is 0 Å². The van der Waals surface area contributed by atoms with Crippen LogP contribution in [-0.4, -0.2) is 30.1 Å². The van der Waals surface area contributed by atoms with E-state index in [1.807, 2.05) is 0 Å². The van der Waals surface area contributed by atoms with Crippen molar-refractivity contribution in [2.45, 2.75) is 64.0 Å². The second-order valence-corrected chi connectivity index (χ2v) is 5.41. The summed E-state index contributed by atoms with van der Waals surface area (Å²) in [6.45, 7) is 4.60. The molecule has 2 fully saturated rings. The van der Waals surface area contributed by atoms with Gasteiger partial charge in [0.25, 0.3) is 0 Å². The minimum Gasteiger partial charge on any atom is -0.330 e. The van der Waals surface area contributed by atoms with Crippen LogP contribution in [0.1, 0.15) is 51.9 Å². The average Bonchev–Trinajstić information content (AvgIpc) is 2.30. The van der Waals surface area contributed by atoms with E-state index >= 15 is 0 Å². The van der Waals surface area contributed by atoms with E-state index in [2.05, 4.69) is 11.8 Å². The van der Waals surface area contributed by atoms with Gasteiger partial charge in [0.15, 0.2) is 0 Å². The monoisotopic (exact) mass is 210 g/mol. The van der Waals surface area contributed by atoms with Gasteiger partial charge in [0.2, 0.25) is 0 Å². The fourth-order valence-corrected chi connectivity index (χ4v) is 3.49. The molecule has 0 aromatic carbocycles. The summed E-state index contributed by atoms with van der Waals surface area (Å²) in [5.41, 5.74) is 5.86. The fraction of sp³-hybridized carbons (Fsp3) is 1.00. The largest absolute Gasteiger partial charge is 0.330 e. The minimum atomic E-state index is 0.729. The van der Waals surface area contributed by atoms with Crippen LogP contribution in [0.25, 0.3) is 0 Å². The molecule has 0 amide bonds. The molecule has 1 heterocycles. The highest BCUT2D eigenvalue weighted by Crippen LogP contribution is 2.30. The molecule has 0 bridgehead atoms. The normalized spacial score (nSPS) is 35.6. The van der Waals surface area contributed by atoms with Crippen LogP contribution in [0.2, 0.25) is 0 Å². The Bertz CT molecular complexity index is 185. The van der Waals surface area contributed by atoms with Crippen LogP contribution in [0.15, 0.2) is 0 Å². The first-order valence-corrected chi connectivity index (χ1v) is 6.78. The Morgan fingerprint density at radius 1 is 1.07 bits per heavy atom. The van der Waals surface area contributed by atoms with Crippen molar-refractivity contribution in [3.8, 4) is 0 Å². The molecule has 88 valence electrons. The highest BCUT2D eigenvalue weighted by Gasteiger charge is 2.31. The molecule has 0 aromatic rings. The summed E-state index contributed by atoms with van der Waals surface area (Å²) >= 11 is 0. The highest BCUT2D eigenvalue weighted by atomic mass is 15.2. The number of hydrogen-bond donors (Lipinski definition) is 1. The van der Waals surface area contributed by atoms with Crippen molar-refractivity contribution in [1.82, 2.24) is 4.90 Å². The summed E-state index contributed by atoms with van der Waals surface area (Å²) in [6.07, 6.45) is 9.92. The summed E-state index contributed by atoms with van der Waals surface area (Å²) in [4.78, 5) is 2.76. The van der Waals surface area contributed by atoms with Gasteiger partial charge in [0.05, 0.1) is 0 Å². The van der Waals surface area contributed by atoms with Gasteiger partial charge in [-0.2, -0.15) is 0 Å². The molecule has 2 nitrogen and oxygen atoms in total.